The molecule has 0 fully saturated rings. The lowest BCUT2D eigenvalue weighted by Crippen LogP contribution is -2.19. The van der Waals surface area contributed by atoms with Crippen LogP contribution in [0.1, 0.15) is 25.2 Å². The van der Waals surface area contributed by atoms with Gasteiger partial charge in [-0.1, -0.05) is 44.2 Å². The molecule has 0 spiro atoms. The minimum atomic E-state index is -0.419. The second-order valence-corrected chi connectivity index (χ2v) is 5.30. The highest BCUT2D eigenvalue weighted by Crippen LogP contribution is 2.08. The van der Waals surface area contributed by atoms with Crippen LogP contribution in [0, 0.1) is 5.92 Å². The van der Waals surface area contributed by atoms with Gasteiger partial charge in [0.25, 0.3) is 0 Å². The summed E-state index contributed by atoms with van der Waals surface area (Å²) in [5, 5.41) is 14.4. The number of aromatic nitrogens is 3. The molecule has 1 aromatic heterocycles. The van der Waals surface area contributed by atoms with E-state index in [9.17, 15) is 5.11 Å². The molecule has 2 rings (SSSR count). The van der Waals surface area contributed by atoms with E-state index >= 15 is 0 Å². The van der Waals surface area contributed by atoms with Crippen LogP contribution in [0.2, 0.25) is 0 Å². The van der Waals surface area contributed by atoms with Crippen LogP contribution in [-0.2, 0) is 19.4 Å². The van der Waals surface area contributed by atoms with E-state index < -0.39 is 6.10 Å². The highest BCUT2D eigenvalue weighted by atomic mass is 16.3. The number of hydrogen-bond acceptors (Lipinski definition) is 3. The molecule has 4 heteroatoms. The SMILES string of the molecule is CC(C)Cn1ncnc1CC(O)Cc1ccccc1. The second kappa shape index (κ2) is 6.48. The van der Waals surface area contributed by atoms with Gasteiger partial charge in [-0.25, -0.2) is 9.67 Å². The average Bonchev–Trinajstić information content (AvgIpc) is 2.77. The van der Waals surface area contributed by atoms with Crippen molar-refractivity contribution in [3.8, 4) is 0 Å². The van der Waals surface area contributed by atoms with Crippen molar-refractivity contribution in [2.45, 2.75) is 39.3 Å². The highest BCUT2D eigenvalue weighted by molar-refractivity contribution is 5.15. The van der Waals surface area contributed by atoms with Crippen molar-refractivity contribution in [1.82, 2.24) is 14.8 Å². The first-order valence-electron chi connectivity index (χ1n) is 6.74. The van der Waals surface area contributed by atoms with E-state index in [-0.39, 0.29) is 0 Å². The summed E-state index contributed by atoms with van der Waals surface area (Å²) in [5.74, 6) is 1.38. The Kier molecular flexibility index (Phi) is 4.68. The minimum absolute atomic E-state index is 0.419. The van der Waals surface area contributed by atoms with Crippen LogP contribution < -0.4 is 0 Å². The summed E-state index contributed by atoms with van der Waals surface area (Å²) in [4.78, 5) is 4.24. The van der Waals surface area contributed by atoms with Gasteiger partial charge < -0.3 is 5.11 Å². The Morgan fingerprint density at radius 3 is 2.58 bits per heavy atom. The maximum absolute atomic E-state index is 10.2. The Labute approximate surface area is 114 Å². The maximum Gasteiger partial charge on any atom is 0.138 e. The van der Waals surface area contributed by atoms with Gasteiger partial charge >= 0.3 is 0 Å². The lowest BCUT2D eigenvalue weighted by atomic mass is 10.1. The normalized spacial score (nSPS) is 12.8. The van der Waals surface area contributed by atoms with Gasteiger partial charge in [0.05, 0.1) is 6.10 Å². The molecule has 0 amide bonds. The number of nitrogens with zero attached hydrogens (tertiary/aromatic N) is 3. The fourth-order valence-electron chi connectivity index (χ4n) is 2.11. The quantitative estimate of drug-likeness (QED) is 0.864. The number of rotatable bonds is 6. The topological polar surface area (TPSA) is 50.9 Å². The molecule has 0 saturated carbocycles. The largest absolute Gasteiger partial charge is 0.392 e. The van der Waals surface area contributed by atoms with Crippen molar-refractivity contribution in [2.75, 3.05) is 0 Å². The fourth-order valence-corrected chi connectivity index (χ4v) is 2.11. The van der Waals surface area contributed by atoms with Crippen LogP contribution in [0.25, 0.3) is 0 Å². The summed E-state index contributed by atoms with van der Waals surface area (Å²) in [6.07, 6.45) is 2.33. The molecule has 4 nitrogen and oxygen atoms in total. The average molecular weight is 259 g/mol. The summed E-state index contributed by atoms with van der Waals surface area (Å²) in [6, 6.07) is 10.0. The molecular weight excluding hydrogens is 238 g/mol. The highest BCUT2D eigenvalue weighted by Gasteiger charge is 2.12. The van der Waals surface area contributed by atoms with E-state index in [1.807, 2.05) is 35.0 Å². The third-order valence-corrected chi connectivity index (χ3v) is 2.97. The molecule has 1 unspecified atom stereocenters. The minimum Gasteiger partial charge on any atom is -0.392 e. The van der Waals surface area contributed by atoms with Crippen LogP contribution >= 0.6 is 0 Å². The van der Waals surface area contributed by atoms with Crippen molar-refractivity contribution >= 4 is 0 Å². The Morgan fingerprint density at radius 1 is 1.16 bits per heavy atom. The summed E-state index contributed by atoms with van der Waals surface area (Å²) in [5.41, 5.74) is 1.14. The van der Waals surface area contributed by atoms with Crippen LogP contribution in [-0.4, -0.2) is 26.0 Å². The van der Waals surface area contributed by atoms with Crippen LogP contribution in [0.4, 0.5) is 0 Å². The standard InChI is InChI=1S/C15H21N3O/c1-12(2)10-18-15(16-11-17-18)9-14(19)8-13-6-4-3-5-7-13/h3-7,11-12,14,19H,8-10H2,1-2H3. The number of benzene rings is 1. The van der Waals surface area contributed by atoms with Gasteiger partial charge in [-0.3, -0.25) is 0 Å². The van der Waals surface area contributed by atoms with Gasteiger partial charge in [0.2, 0.25) is 0 Å². The Morgan fingerprint density at radius 2 is 1.89 bits per heavy atom. The zero-order chi connectivity index (χ0) is 13.7. The Hall–Kier alpha value is -1.68. The summed E-state index contributed by atoms with van der Waals surface area (Å²) >= 11 is 0. The first-order valence-corrected chi connectivity index (χ1v) is 6.74. The van der Waals surface area contributed by atoms with Crippen molar-refractivity contribution < 1.29 is 5.11 Å². The van der Waals surface area contributed by atoms with Crippen molar-refractivity contribution in [1.29, 1.82) is 0 Å². The lowest BCUT2D eigenvalue weighted by molar-refractivity contribution is 0.170. The zero-order valence-electron chi connectivity index (χ0n) is 11.5. The van der Waals surface area contributed by atoms with Gasteiger partial charge in [0.1, 0.15) is 12.2 Å². The van der Waals surface area contributed by atoms with E-state index in [1.54, 1.807) is 6.33 Å². The zero-order valence-corrected chi connectivity index (χ0v) is 11.5. The molecule has 1 heterocycles. The van der Waals surface area contributed by atoms with Gasteiger partial charge in [-0.05, 0) is 17.9 Å². The third-order valence-electron chi connectivity index (χ3n) is 2.97. The predicted molar refractivity (Wildman–Crippen MR) is 74.7 cm³/mol. The molecular formula is C15H21N3O. The Balaban J connectivity index is 1.95. The molecule has 0 saturated heterocycles. The fraction of sp³-hybridized carbons (Fsp3) is 0.467. The molecule has 1 atom stereocenters. The predicted octanol–water partition coefficient (Wildman–Crippen LogP) is 2.08. The van der Waals surface area contributed by atoms with E-state index in [2.05, 4.69) is 23.9 Å². The second-order valence-electron chi connectivity index (χ2n) is 5.30. The Bertz CT molecular complexity index is 493. The molecule has 19 heavy (non-hydrogen) atoms. The van der Waals surface area contributed by atoms with Gasteiger partial charge in [-0.15, -0.1) is 0 Å². The molecule has 1 aromatic carbocycles. The molecule has 102 valence electrons. The first kappa shape index (κ1) is 13.7. The van der Waals surface area contributed by atoms with Gasteiger partial charge in [0.15, 0.2) is 0 Å². The van der Waals surface area contributed by atoms with Crippen molar-refractivity contribution in [3.63, 3.8) is 0 Å². The third kappa shape index (κ3) is 4.17. The van der Waals surface area contributed by atoms with Gasteiger partial charge in [0, 0.05) is 13.0 Å². The molecule has 0 radical (unpaired) electrons. The summed E-state index contributed by atoms with van der Waals surface area (Å²) < 4.78 is 1.89. The van der Waals surface area contributed by atoms with E-state index in [0.29, 0.717) is 18.8 Å². The molecule has 1 N–H and O–H groups in total. The van der Waals surface area contributed by atoms with Crippen molar-refractivity contribution in [3.05, 3.63) is 48.0 Å². The lowest BCUT2D eigenvalue weighted by Gasteiger charge is -2.12. The summed E-state index contributed by atoms with van der Waals surface area (Å²) in [6.45, 7) is 5.13. The number of aliphatic hydroxyl groups excluding tert-OH is 1. The maximum atomic E-state index is 10.2. The van der Waals surface area contributed by atoms with Crippen LogP contribution in [0.5, 0.6) is 0 Å². The van der Waals surface area contributed by atoms with Crippen LogP contribution in [0.3, 0.4) is 0 Å². The smallest absolute Gasteiger partial charge is 0.138 e. The molecule has 0 bridgehead atoms. The van der Waals surface area contributed by atoms with E-state index in [0.717, 1.165) is 17.9 Å². The molecule has 0 aliphatic carbocycles. The monoisotopic (exact) mass is 259 g/mol. The molecule has 0 aliphatic heterocycles. The van der Waals surface area contributed by atoms with Gasteiger partial charge in [-0.2, -0.15) is 5.10 Å². The summed E-state index contributed by atoms with van der Waals surface area (Å²) in [7, 11) is 0. The van der Waals surface area contributed by atoms with E-state index in [1.165, 1.54) is 0 Å². The van der Waals surface area contributed by atoms with Crippen LogP contribution in [0.15, 0.2) is 36.7 Å². The number of aliphatic hydroxyl groups is 1. The van der Waals surface area contributed by atoms with Crippen molar-refractivity contribution in [2.24, 2.45) is 5.92 Å². The first-order chi connectivity index (χ1) is 9.15. The number of hydrogen-bond donors (Lipinski definition) is 1. The molecule has 2 aromatic rings. The molecule has 0 aliphatic rings. The van der Waals surface area contributed by atoms with E-state index in [4.69, 9.17) is 0 Å².